The van der Waals surface area contributed by atoms with E-state index < -0.39 is 0 Å². The van der Waals surface area contributed by atoms with Gasteiger partial charge in [0.05, 0.1) is 33.8 Å². The fourth-order valence-electron chi connectivity index (χ4n) is 9.40. The summed E-state index contributed by atoms with van der Waals surface area (Å²) in [4.78, 5) is 2.55. The molecule has 0 unspecified atom stereocenters. The van der Waals surface area contributed by atoms with Crippen molar-refractivity contribution in [2.24, 2.45) is 0 Å². The topological polar surface area (TPSA) is 8.17 Å². The normalized spacial score (nSPS) is 11.7. The van der Waals surface area contributed by atoms with E-state index in [2.05, 4.69) is 228 Å². The van der Waals surface area contributed by atoms with Gasteiger partial charge in [0.15, 0.2) is 0 Å². The predicted molar refractivity (Wildman–Crippen MR) is 254 cm³/mol. The van der Waals surface area contributed by atoms with Crippen LogP contribution in [0.25, 0.3) is 91.5 Å². The maximum atomic E-state index is 2.55. The molecule has 0 saturated heterocycles. The van der Waals surface area contributed by atoms with Gasteiger partial charge in [-0.25, -0.2) is 0 Å². The van der Waals surface area contributed by atoms with Crippen molar-refractivity contribution in [1.29, 1.82) is 0 Å². The summed E-state index contributed by atoms with van der Waals surface area (Å²) in [5, 5.41) is 10.0. The summed E-state index contributed by atoms with van der Waals surface area (Å²) < 4.78 is 5.01. The molecule has 2 heterocycles. The van der Waals surface area contributed by atoms with Gasteiger partial charge in [0, 0.05) is 36.5 Å². The van der Waals surface area contributed by atoms with Gasteiger partial charge in [-0.3, -0.25) is 0 Å². The standard InChI is InChI=1S/C56H36N2S/c1-2-17-37(18-3-1)41-34-33-39(47-35-38-19-4-5-20-40(38)42-21-6-7-22-43(42)47)36-53(41)58(52-30-16-32-55-56(52)46-25-10-15-31-54(46)59-55)51-29-14-13-28-50(51)57-48-26-11-8-23-44(48)45-24-9-12-27-49(45)57/h1-36H. The first kappa shape index (κ1) is 33.7. The first-order chi connectivity index (χ1) is 29.3. The monoisotopic (exact) mass is 768 g/mol. The first-order valence-corrected chi connectivity index (χ1v) is 21.0. The molecule has 2 nitrogen and oxygen atoms in total. The summed E-state index contributed by atoms with van der Waals surface area (Å²) in [5.74, 6) is 0. The van der Waals surface area contributed by atoms with Crippen LogP contribution in [0.2, 0.25) is 0 Å². The van der Waals surface area contributed by atoms with Gasteiger partial charge in [-0.2, -0.15) is 0 Å². The minimum atomic E-state index is 1.10. The smallest absolute Gasteiger partial charge is 0.0702 e. The molecule has 12 aromatic rings. The maximum absolute atomic E-state index is 2.55. The van der Waals surface area contributed by atoms with Crippen LogP contribution < -0.4 is 4.90 Å². The highest BCUT2D eigenvalue weighted by Gasteiger charge is 2.26. The third-order valence-corrected chi connectivity index (χ3v) is 13.1. The van der Waals surface area contributed by atoms with E-state index in [4.69, 9.17) is 0 Å². The van der Waals surface area contributed by atoms with Crippen LogP contribution in [0.3, 0.4) is 0 Å². The number of rotatable bonds is 6. The number of thiophene rings is 1. The second-order valence-corrected chi connectivity index (χ2v) is 16.3. The molecule has 0 fully saturated rings. The van der Waals surface area contributed by atoms with E-state index in [0.29, 0.717) is 0 Å². The van der Waals surface area contributed by atoms with Gasteiger partial charge in [-0.05, 0) is 92.8 Å². The Bertz CT molecular complexity index is 3520. The number of para-hydroxylation sites is 4. The number of anilines is 3. The molecule has 0 radical (unpaired) electrons. The average molecular weight is 769 g/mol. The summed E-state index contributed by atoms with van der Waals surface area (Å²) in [6.07, 6.45) is 0. The highest BCUT2D eigenvalue weighted by molar-refractivity contribution is 7.26. The molecule has 0 aliphatic heterocycles. The summed E-state index contributed by atoms with van der Waals surface area (Å²) >= 11 is 1.86. The largest absolute Gasteiger partial charge is 0.307 e. The molecule has 0 saturated carbocycles. The SMILES string of the molecule is c1ccc(-c2ccc(-c3cc4ccccc4c4ccccc34)cc2N(c2ccccc2-n2c3ccccc3c3ccccc32)c2cccc3sc4ccccc4c23)cc1. The Morgan fingerprint density at radius 3 is 1.73 bits per heavy atom. The third kappa shape index (κ3) is 5.33. The Morgan fingerprint density at radius 2 is 0.932 bits per heavy atom. The first-order valence-electron chi connectivity index (χ1n) is 20.2. The lowest BCUT2D eigenvalue weighted by atomic mass is 9.91. The molecular weight excluding hydrogens is 733 g/mol. The van der Waals surface area contributed by atoms with Gasteiger partial charge in [0.2, 0.25) is 0 Å². The molecule has 10 aromatic carbocycles. The van der Waals surface area contributed by atoms with Gasteiger partial charge in [0.1, 0.15) is 0 Å². The van der Waals surface area contributed by atoms with Crippen molar-refractivity contribution in [1.82, 2.24) is 4.57 Å². The van der Waals surface area contributed by atoms with E-state index in [-0.39, 0.29) is 0 Å². The molecule has 3 heteroatoms. The quantitative estimate of drug-likeness (QED) is 0.153. The summed E-state index contributed by atoms with van der Waals surface area (Å²) in [5.41, 5.74) is 11.5. The van der Waals surface area contributed by atoms with Crippen molar-refractivity contribution >= 4 is 91.9 Å². The molecule has 59 heavy (non-hydrogen) atoms. The minimum absolute atomic E-state index is 1.10. The van der Waals surface area contributed by atoms with Crippen LogP contribution in [0.5, 0.6) is 0 Å². The van der Waals surface area contributed by atoms with Crippen molar-refractivity contribution in [3.63, 3.8) is 0 Å². The fourth-order valence-corrected chi connectivity index (χ4v) is 10.5. The van der Waals surface area contributed by atoms with Gasteiger partial charge in [-0.15, -0.1) is 11.3 Å². The van der Waals surface area contributed by atoms with E-state index >= 15 is 0 Å². The molecule has 276 valence electrons. The van der Waals surface area contributed by atoms with Gasteiger partial charge < -0.3 is 9.47 Å². The van der Waals surface area contributed by atoms with Gasteiger partial charge >= 0.3 is 0 Å². The highest BCUT2D eigenvalue weighted by Crippen LogP contribution is 2.50. The Labute approximate surface area is 346 Å². The molecule has 0 spiro atoms. The van der Waals surface area contributed by atoms with Crippen molar-refractivity contribution in [3.8, 4) is 27.9 Å². The number of aromatic nitrogens is 1. The fraction of sp³-hybridized carbons (Fsp3) is 0. The van der Waals surface area contributed by atoms with Crippen LogP contribution in [0.4, 0.5) is 17.1 Å². The molecule has 0 atom stereocenters. The Kier molecular flexibility index (Phi) is 7.75. The highest BCUT2D eigenvalue weighted by atomic mass is 32.1. The lowest BCUT2D eigenvalue weighted by Crippen LogP contribution is -2.14. The van der Waals surface area contributed by atoms with Crippen molar-refractivity contribution in [2.75, 3.05) is 4.90 Å². The summed E-state index contributed by atoms with van der Waals surface area (Å²) in [7, 11) is 0. The van der Waals surface area contributed by atoms with E-state index in [1.807, 2.05) is 11.3 Å². The maximum Gasteiger partial charge on any atom is 0.0702 e. The second kappa shape index (κ2) is 13.6. The van der Waals surface area contributed by atoms with Crippen LogP contribution in [0, 0.1) is 0 Å². The zero-order chi connectivity index (χ0) is 38.9. The van der Waals surface area contributed by atoms with Crippen LogP contribution >= 0.6 is 11.3 Å². The molecule has 0 bridgehead atoms. The Balaban J connectivity index is 1.22. The van der Waals surface area contributed by atoms with Crippen molar-refractivity contribution in [3.05, 3.63) is 218 Å². The lowest BCUT2D eigenvalue weighted by molar-refractivity contribution is 1.15. The van der Waals surface area contributed by atoms with Crippen molar-refractivity contribution in [2.45, 2.75) is 0 Å². The molecule has 0 aliphatic rings. The van der Waals surface area contributed by atoms with Gasteiger partial charge in [0.25, 0.3) is 0 Å². The lowest BCUT2D eigenvalue weighted by Gasteiger charge is -2.31. The van der Waals surface area contributed by atoms with Crippen LogP contribution in [-0.2, 0) is 0 Å². The van der Waals surface area contributed by atoms with E-state index in [0.717, 1.165) is 28.3 Å². The number of hydrogen-bond acceptors (Lipinski definition) is 2. The summed E-state index contributed by atoms with van der Waals surface area (Å²) in [6.45, 7) is 0. The predicted octanol–water partition coefficient (Wildman–Crippen LogP) is 16.3. The number of nitrogens with zero attached hydrogens (tertiary/aromatic N) is 2. The van der Waals surface area contributed by atoms with E-state index in [9.17, 15) is 0 Å². The molecule has 0 N–H and O–H groups in total. The summed E-state index contributed by atoms with van der Waals surface area (Å²) in [6, 6.07) is 80.2. The number of hydrogen-bond donors (Lipinski definition) is 0. The molecule has 0 amide bonds. The molecule has 12 rings (SSSR count). The minimum Gasteiger partial charge on any atom is -0.307 e. The Hall–Kier alpha value is -7.46. The van der Waals surface area contributed by atoms with Crippen LogP contribution in [0.1, 0.15) is 0 Å². The zero-order valence-electron chi connectivity index (χ0n) is 32.1. The van der Waals surface area contributed by atoms with Crippen molar-refractivity contribution < 1.29 is 0 Å². The number of fused-ring (bicyclic) bond motifs is 9. The molecule has 2 aromatic heterocycles. The van der Waals surface area contributed by atoms with Crippen LogP contribution in [-0.4, -0.2) is 4.57 Å². The van der Waals surface area contributed by atoms with Gasteiger partial charge in [-0.1, -0.05) is 164 Å². The second-order valence-electron chi connectivity index (χ2n) is 15.2. The van der Waals surface area contributed by atoms with E-state index in [1.165, 1.54) is 80.2 Å². The Morgan fingerprint density at radius 1 is 0.339 bits per heavy atom. The number of benzene rings is 10. The van der Waals surface area contributed by atoms with Crippen LogP contribution in [0.15, 0.2) is 218 Å². The molecule has 0 aliphatic carbocycles. The third-order valence-electron chi connectivity index (χ3n) is 12.0. The van der Waals surface area contributed by atoms with E-state index in [1.54, 1.807) is 0 Å². The average Bonchev–Trinajstić information content (AvgIpc) is 3.86. The molecular formula is C56H36N2S. The zero-order valence-corrected chi connectivity index (χ0v) is 32.9.